The highest BCUT2D eigenvalue weighted by molar-refractivity contribution is 6.16. The molecule has 0 spiro atoms. The number of aromatic nitrogens is 1. The zero-order valence-corrected chi connectivity index (χ0v) is 15.9. The van der Waals surface area contributed by atoms with Gasteiger partial charge in [0.25, 0.3) is 0 Å². The molecule has 0 unspecified atom stereocenters. The van der Waals surface area contributed by atoms with E-state index in [-0.39, 0.29) is 5.78 Å². The molecule has 0 saturated carbocycles. The Morgan fingerprint density at radius 2 is 1.85 bits per heavy atom. The van der Waals surface area contributed by atoms with Crippen molar-refractivity contribution in [2.75, 3.05) is 24.6 Å². The Labute approximate surface area is 159 Å². The highest BCUT2D eigenvalue weighted by Gasteiger charge is 2.23. The molecule has 2 heterocycles. The number of ether oxygens (including phenoxy) is 1. The number of fused-ring (bicyclic) bond motifs is 1. The fraction of sp³-hybridized carbons (Fsp3) is 0.304. The lowest BCUT2D eigenvalue weighted by Gasteiger charge is -2.23. The maximum absolute atomic E-state index is 13.3. The molecule has 1 aromatic heterocycles. The van der Waals surface area contributed by atoms with Gasteiger partial charge in [0.1, 0.15) is 5.75 Å². The Hall–Kier alpha value is -2.88. The first kappa shape index (κ1) is 17.5. The van der Waals surface area contributed by atoms with E-state index in [1.807, 2.05) is 37.3 Å². The third kappa shape index (κ3) is 3.39. The van der Waals surface area contributed by atoms with Crippen molar-refractivity contribution in [2.45, 2.75) is 26.7 Å². The van der Waals surface area contributed by atoms with Gasteiger partial charge in [-0.3, -0.25) is 9.78 Å². The average molecular weight is 360 g/mol. The lowest BCUT2D eigenvalue weighted by molar-refractivity contribution is 0.103. The molecular formula is C23H24N2O2. The fourth-order valence-corrected chi connectivity index (χ4v) is 3.76. The fourth-order valence-electron chi connectivity index (χ4n) is 3.76. The van der Waals surface area contributed by atoms with Crippen LogP contribution in [0.25, 0.3) is 10.9 Å². The zero-order chi connectivity index (χ0) is 18.8. The zero-order valence-electron chi connectivity index (χ0n) is 15.9. The molecule has 2 aromatic carbocycles. The van der Waals surface area contributed by atoms with Crippen molar-refractivity contribution >= 4 is 22.4 Å². The highest BCUT2D eigenvalue weighted by Crippen LogP contribution is 2.34. The molecule has 1 fully saturated rings. The van der Waals surface area contributed by atoms with E-state index in [1.165, 1.54) is 5.56 Å². The second-order valence-corrected chi connectivity index (χ2v) is 7.02. The van der Waals surface area contributed by atoms with E-state index in [2.05, 4.69) is 28.9 Å². The van der Waals surface area contributed by atoms with Crippen LogP contribution in [0.4, 0.5) is 5.69 Å². The van der Waals surface area contributed by atoms with Crippen LogP contribution in [-0.2, 0) is 0 Å². The summed E-state index contributed by atoms with van der Waals surface area (Å²) < 4.78 is 5.49. The third-order valence-corrected chi connectivity index (χ3v) is 5.09. The first-order valence-electron chi connectivity index (χ1n) is 9.59. The van der Waals surface area contributed by atoms with E-state index in [1.54, 1.807) is 6.20 Å². The summed E-state index contributed by atoms with van der Waals surface area (Å²) in [6.07, 6.45) is 4.06. The molecule has 4 nitrogen and oxygen atoms in total. The predicted molar refractivity (Wildman–Crippen MR) is 109 cm³/mol. The summed E-state index contributed by atoms with van der Waals surface area (Å²) in [5.74, 6) is 0.789. The molecule has 4 rings (SSSR count). The van der Waals surface area contributed by atoms with Gasteiger partial charge in [-0.2, -0.15) is 0 Å². The second kappa shape index (κ2) is 7.39. The summed E-state index contributed by atoms with van der Waals surface area (Å²) in [5, 5.41) is 1.06. The minimum atomic E-state index is 0.0101. The standard InChI is InChI=1S/C23H24N2O2/c1-3-27-18-9-7-17(8-10-18)23(26)20-15-24-21-11-6-16(2)14-19(21)22(20)25-12-4-5-13-25/h6-11,14-15H,3-5,12-13H2,1-2H3. The van der Waals surface area contributed by atoms with Crippen molar-refractivity contribution in [2.24, 2.45) is 0 Å². The van der Waals surface area contributed by atoms with Crippen LogP contribution in [0, 0.1) is 6.92 Å². The number of ketones is 1. The van der Waals surface area contributed by atoms with E-state index in [0.29, 0.717) is 17.7 Å². The topological polar surface area (TPSA) is 42.4 Å². The van der Waals surface area contributed by atoms with Gasteiger partial charge in [0.2, 0.25) is 0 Å². The van der Waals surface area contributed by atoms with Crippen LogP contribution >= 0.6 is 0 Å². The first-order valence-corrected chi connectivity index (χ1v) is 9.59. The number of rotatable bonds is 5. The first-order chi connectivity index (χ1) is 13.2. The van der Waals surface area contributed by atoms with Gasteiger partial charge < -0.3 is 9.64 Å². The summed E-state index contributed by atoms with van der Waals surface area (Å²) in [6.45, 7) is 6.60. The number of benzene rings is 2. The number of pyridine rings is 1. The Kier molecular flexibility index (Phi) is 4.80. The lowest BCUT2D eigenvalue weighted by atomic mass is 9.99. The van der Waals surface area contributed by atoms with Crippen LogP contribution in [0.1, 0.15) is 41.3 Å². The SMILES string of the molecule is CCOc1ccc(C(=O)c2cnc3ccc(C)cc3c2N2CCCC2)cc1. The minimum absolute atomic E-state index is 0.0101. The minimum Gasteiger partial charge on any atom is -0.494 e. The van der Waals surface area contributed by atoms with E-state index in [9.17, 15) is 4.79 Å². The van der Waals surface area contributed by atoms with Gasteiger partial charge in [0, 0.05) is 30.2 Å². The summed E-state index contributed by atoms with van der Waals surface area (Å²) >= 11 is 0. The molecule has 1 aliphatic heterocycles. The largest absolute Gasteiger partial charge is 0.494 e. The monoisotopic (exact) mass is 360 g/mol. The molecule has 27 heavy (non-hydrogen) atoms. The van der Waals surface area contributed by atoms with Crippen LogP contribution < -0.4 is 9.64 Å². The number of carbonyl (C=O) groups excluding carboxylic acids is 1. The Morgan fingerprint density at radius 1 is 1.11 bits per heavy atom. The predicted octanol–water partition coefficient (Wildman–Crippen LogP) is 4.77. The van der Waals surface area contributed by atoms with Crippen LogP contribution in [0.5, 0.6) is 5.75 Å². The van der Waals surface area contributed by atoms with Gasteiger partial charge in [-0.05, 0) is 63.1 Å². The van der Waals surface area contributed by atoms with Gasteiger partial charge in [-0.1, -0.05) is 11.6 Å². The molecule has 1 saturated heterocycles. The molecule has 0 radical (unpaired) electrons. The second-order valence-electron chi connectivity index (χ2n) is 7.02. The molecule has 0 bridgehead atoms. The number of hydrogen-bond acceptors (Lipinski definition) is 4. The summed E-state index contributed by atoms with van der Waals surface area (Å²) in [4.78, 5) is 20.2. The third-order valence-electron chi connectivity index (χ3n) is 5.09. The van der Waals surface area contributed by atoms with Crippen molar-refractivity contribution in [1.29, 1.82) is 0 Å². The Morgan fingerprint density at radius 3 is 2.56 bits per heavy atom. The van der Waals surface area contributed by atoms with Crippen LogP contribution in [0.2, 0.25) is 0 Å². The van der Waals surface area contributed by atoms with E-state index >= 15 is 0 Å². The summed E-state index contributed by atoms with van der Waals surface area (Å²) in [5.41, 5.74) is 4.48. The quantitative estimate of drug-likeness (QED) is 0.615. The summed E-state index contributed by atoms with van der Waals surface area (Å²) in [6, 6.07) is 13.6. The number of hydrogen-bond donors (Lipinski definition) is 0. The highest BCUT2D eigenvalue weighted by atomic mass is 16.5. The molecule has 0 amide bonds. The van der Waals surface area contributed by atoms with Crippen molar-refractivity contribution < 1.29 is 9.53 Å². The summed E-state index contributed by atoms with van der Waals surface area (Å²) in [7, 11) is 0. The molecule has 0 aliphatic carbocycles. The number of carbonyl (C=O) groups is 1. The molecule has 0 N–H and O–H groups in total. The van der Waals surface area contributed by atoms with E-state index < -0.39 is 0 Å². The molecule has 138 valence electrons. The van der Waals surface area contributed by atoms with Crippen LogP contribution in [0.15, 0.2) is 48.7 Å². The average Bonchev–Trinajstić information content (AvgIpc) is 3.21. The normalized spacial score (nSPS) is 13.9. The van der Waals surface area contributed by atoms with Gasteiger partial charge in [0.05, 0.1) is 23.4 Å². The number of anilines is 1. The van der Waals surface area contributed by atoms with Gasteiger partial charge >= 0.3 is 0 Å². The Bertz CT molecular complexity index is 974. The van der Waals surface area contributed by atoms with Crippen LogP contribution in [-0.4, -0.2) is 30.5 Å². The number of nitrogens with zero attached hydrogens (tertiary/aromatic N) is 2. The molecular weight excluding hydrogens is 336 g/mol. The van der Waals surface area contributed by atoms with Gasteiger partial charge in [0.15, 0.2) is 5.78 Å². The smallest absolute Gasteiger partial charge is 0.196 e. The molecule has 0 atom stereocenters. The van der Waals surface area contributed by atoms with Crippen molar-refractivity contribution in [1.82, 2.24) is 4.98 Å². The van der Waals surface area contributed by atoms with Gasteiger partial charge in [-0.15, -0.1) is 0 Å². The lowest BCUT2D eigenvalue weighted by Crippen LogP contribution is -2.21. The maximum atomic E-state index is 13.3. The number of aryl methyl sites for hydroxylation is 1. The van der Waals surface area contributed by atoms with Crippen molar-refractivity contribution in [3.8, 4) is 5.75 Å². The van der Waals surface area contributed by atoms with E-state index in [0.717, 1.165) is 48.3 Å². The molecule has 3 aromatic rings. The van der Waals surface area contributed by atoms with Crippen molar-refractivity contribution in [3.63, 3.8) is 0 Å². The maximum Gasteiger partial charge on any atom is 0.196 e. The Balaban J connectivity index is 1.82. The van der Waals surface area contributed by atoms with E-state index in [4.69, 9.17) is 4.74 Å². The van der Waals surface area contributed by atoms with Crippen molar-refractivity contribution in [3.05, 3.63) is 65.4 Å². The van der Waals surface area contributed by atoms with Crippen LogP contribution in [0.3, 0.4) is 0 Å². The molecule has 1 aliphatic rings. The molecule has 4 heteroatoms. The van der Waals surface area contributed by atoms with Gasteiger partial charge in [-0.25, -0.2) is 0 Å².